The molecule has 0 saturated heterocycles. The van der Waals surface area contributed by atoms with Gasteiger partial charge in [-0.2, -0.15) is 0 Å². The average molecular weight is 215 g/mol. The van der Waals surface area contributed by atoms with E-state index >= 15 is 0 Å². The molecule has 0 aromatic carbocycles. The average Bonchev–Trinajstić information content (AvgIpc) is 2.12. The van der Waals surface area contributed by atoms with Crippen LogP contribution in [-0.4, -0.2) is 18.1 Å². The number of hydrogen-bond acceptors (Lipinski definition) is 3. The molecule has 1 unspecified atom stereocenters. The molecule has 0 aliphatic carbocycles. The Labute approximate surface area is 93.4 Å². The van der Waals surface area contributed by atoms with Gasteiger partial charge in [-0.3, -0.25) is 4.79 Å². The van der Waals surface area contributed by atoms with E-state index in [0.717, 1.165) is 25.7 Å². The van der Waals surface area contributed by atoms with Crippen LogP contribution in [0.5, 0.6) is 0 Å². The molecule has 0 heterocycles. The molecule has 0 saturated carbocycles. The fourth-order valence-electron chi connectivity index (χ4n) is 1.54. The van der Waals surface area contributed by atoms with Crippen LogP contribution >= 0.6 is 0 Å². The summed E-state index contributed by atoms with van der Waals surface area (Å²) in [7, 11) is 0. The number of hydrogen-bond donors (Lipinski definition) is 1. The molecule has 15 heavy (non-hydrogen) atoms. The maximum absolute atomic E-state index is 11.5. The minimum absolute atomic E-state index is 0.0230. The predicted octanol–water partition coefficient (Wildman–Crippen LogP) is 2.48. The first-order chi connectivity index (χ1) is 6.97. The van der Waals surface area contributed by atoms with E-state index in [0.29, 0.717) is 5.92 Å². The van der Waals surface area contributed by atoms with Gasteiger partial charge in [-0.15, -0.1) is 0 Å². The molecular weight excluding hydrogens is 190 g/mol. The monoisotopic (exact) mass is 215 g/mol. The van der Waals surface area contributed by atoms with Crippen molar-refractivity contribution < 1.29 is 9.53 Å². The lowest BCUT2D eigenvalue weighted by Gasteiger charge is -2.18. The number of carbonyl (C=O) groups excluding carboxylic acids is 1. The molecule has 0 aromatic heterocycles. The summed E-state index contributed by atoms with van der Waals surface area (Å²) in [4.78, 5) is 11.5. The van der Waals surface area contributed by atoms with Crippen LogP contribution in [0.3, 0.4) is 0 Å². The maximum Gasteiger partial charge on any atom is 0.323 e. The lowest BCUT2D eigenvalue weighted by molar-refractivity contribution is -0.150. The number of rotatable bonds is 7. The van der Waals surface area contributed by atoms with Crippen molar-refractivity contribution in [3.8, 4) is 0 Å². The van der Waals surface area contributed by atoms with E-state index in [1.807, 2.05) is 6.92 Å². The summed E-state index contributed by atoms with van der Waals surface area (Å²) in [6.07, 6.45) is 3.64. The Morgan fingerprint density at radius 1 is 1.33 bits per heavy atom. The van der Waals surface area contributed by atoms with E-state index in [-0.39, 0.29) is 12.1 Å². The van der Waals surface area contributed by atoms with E-state index < -0.39 is 6.04 Å². The molecule has 2 N–H and O–H groups in total. The Bertz CT molecular complexity index is 180. The normalized spacial score (nSPS) is 15.1. The summed E-state index contributed by atoms with van der Waals surface area (Å²) in [5, 5.41) is 0. The van der Waals surface area contributed by atoms with E-state index in [1.54, 1.807) is 0 Å². The molecule has 0 amide bonds. The highest BCUT2D eigenvalue weighted by atomic mass is 16.5. The molecule has 3 heteroatoms. The molecule has 0 spiro atoms. The number of ether oxygens (including phenoxy) is 1. The highest BCUT2D eigenvalue weighted by Crippen LogP contribution is 2.09. The molecule has 0 aliphatic heterocycles. The molecule has 0 aromatic rings. The van der Waals surface area contributed by atoms with Gasteiger partial charge in [-0.25, -0.2) is 0 Å². The summed E-state index contributed by atoms with van der Waals surface area (Å²) in [5.74, 6) is 0.288. The largest absolute Gasteiger partial charge is 0.462 e. The fraction of sp³-hybridized carbons (Fsp3) is 0.917. The summed E-state index contributed by atoms with van der Waals surface area (Å²) in [6, 6.07) is -0.445. The van der Waals surface area contributed by atoms with Crippen LogP contribution in [0, 0.1) is 5.92 Å². The molecule has 0 rings (SSSR count). The van der Waals surface area contributed by atoms with Gasteiger partial charge in [0.25, 0.3) is 0 Å². The van der Waals surface area contributed by atoms with Crippen LogP contribution in [-0.2, 0) is 9.53 Å². The number of carbonyl (C=O) groups is 1. The van der Waals surface area contributed by atoms with Crippen LogP contribution in [0.15, 0.2) is 0 Å². The molecule has 90 valence electrons. The van der Waals surface area contributed by atoms with Crippen molar-refractivity contribution in [2.24, 2.45) is 11.7 Å². The lowest BCUT2D eigenvalue weighted by atomic mass is 10.1. The highest BCUT2D eigenvalue weighted by molar-refractivity contribution is 5.75. The molecule has 0 aliphatic rings. The Hall–Kier alpha value is -0.570. The quantitative estimate of drug-likeness (QED) is 0.664. The van der Waals surface area contributed by atoms with E-state index in [2.05, 4.69) is 20.8 Å². The Morgan fingerprint density at radius 3 is 2.40 bits per heavy atom. The van der Waals surface area contributed by atoms with Crippen LogP contribution < -0.4 is 5.73 Å². The first-order valence-electron chi connectivity index (χ1n) is 5.93. The minimum Gasteiger partial charge on any atom is -0.462 e. The first-order valence-corrected chi connectivity index (χ1v) is 5.93. The standard InChI is InChI=1S/C12H25NO2/c1-5-6-7-11(13)12(14)15-10(4)8-9(2)3/h9-11H,5-8,13H2,1-4H3/t10?,11-/m0/s1. The molecule has 2 atom stereocenters. The van der Waals surface area contributed by atoms with Gasteiger partial charge in [0.15, 0.2) is 0 Å². The Morgan fingerprint density at radius 2 is 1.93 bits per heavy atom. The predicted molar refractivity (Wildman–Crippen MR) is 62.5 cm³/mol. The van der Waals surface area contributed by atoms with Gasteiger partial charge in [0, 0.05) is 0 Å². The van der Waals surface area contributed by atoms with E-state index in [9.17, 15) is 4.79 Å². The SMILES string of the molecule is CCCC[C@H](N)C(=O)OC(C)CC(C)C. The van der Waals surface area contributed by atoms with Crippen molar-refractivity contribution in [1.29, 1.82) is 0 Å². The van der Waals surface area contributed by atoms with Gasteiger partial charge in [0.1, 0.15) is 6.04 Å². The topological polar surface area (TPSA) is 52.3 Å². The number of esters is 1. The highest BCUT2D eigenvalue weighted by Gasteiger charge is 2.17. The second-order valence-electron chi connectivity index (χ2n) is 4.63. The van der Waals surface area contributed by atoms with Crippen LogP contribution in [0.25, 0.3) is 0 Å². The van der Waals surface area contributed by atoms with Crippen LogP contribution in [0.2, 0.25) is 0 Å². The first kappa shape index (κ1) is 14.4. The zero-order valence-corrected chi connectivity index (χ0v) is 10.5. The van der Waals surface area contributed by atoms with Gasteiger partial charge < -0.3 is 10.5 Å². The molecule has 0 fully saturated rings. The Kier molecular flexibility index (Phi) is 7.39. The summed E-state index contributed by atoms with van der Waals surface area (Å²) in [5.41, 5.74) is 5.71. The van der Waals surface area contributed by atoms with Gasteiger partial charge in [-0.05, 0) is 25.7 Å². The fourth-order valence-corrected chi connectivity index (χ4v) is 1.54. The summed E-state index contributed by atoms with van der Waals surface area (Å²) in [6.45, 7) is 8.23. The van der Waals surface area contributed by atoms with E-state index in [4.69, 9.17) is 10.5 Å². The van der Waals surface area contributed by atoms with Crippen molar-refractivity contribution in [2.75, 3.05) is 0 Å². The van der Waals surface area contributed by atoms with Gasteiger partial charge in [0.05, 0.1) is 6.10 Å². The second-order valence-corrected chi connectivity index (χ2v) is 4.63. The molecule has 0 bridgehead atoms. The Balaban J connectivity index is 3.80. The zero-order valence-electron chi connectivity index (χ0n) is 10.5. The van der Waals surface area contributed by atoms with Crippen molar-refractivity contribution >= 4 is 5.97 Å². The second kappa shape index (κ2) is 7.69. The van der Waals surface area contributed by atoms with Gasteiger partial charge in [-0.1, -0.05) is 33.6 Å². The third-order valence-corrected chi connectivity index (χ3v) is 2.29. The minimum atomic E-state index is -0.445. The van der Waals surface area contributed by atoms with Gasteiger partial charge >= 0.3 is 5.97 Å². The van der Waals surface area contributed by atoms with Gasteiger partial charge in [0.2, 0.25) is 0 Å². The number of nitrogens with two attached hydrogens (primary N) is 1. The summed E-state index contributed by atoms with van der Waals surface area (Å²) < 4.78 is 5.26. The smallest absolute Gasteiger partial charge is 0.323 e. The van der Waals surface area contributed by atoms with Crippen LogP contribution in [0.1, 0.15) is 53.4 Å². The van der Waals surface area contributed by atoms with E-state index in [1.165, 1.54) is 0 Å². The molecule has 3 nitrogen and oxygen atoms in total. The lowest BCUT2D eigenvalue weighted by Crippen LogP contribution is -2.34. The van der Waals surface area contributed by atoms with Crippen LogP contribution in [0.4, 0.5) is 0 Å². The third-order valence-electron chi connectivity index (χ3n) is 2.29. The van der Waals surface area contributed by atoms with Crippen molar-refractivity contribution in [1.82, 2.24) is 0 Å². The zero-order chi connectivity index (χ0) is 11.8. The number of unbranched alkanes of at least 4 members (excludes halogenated alkanes) is 1. The molecule has 0 radical (unpaired) electrons. The van der Waals surface area contributed by atoms with Crippen molar-refractivity contribution in [3.63, 3.8) is 0 Å². The summed E-state index contributed by atoms with van der Waals surface area (Å²) >= 11 is 0. The third kappa shape index (κ3) is 7.37. The molecular formula is C12H25NO2. The van der Waals surface area contributed by atoms with Crippen molar-refractivity contribution in [3.05, 3.63) is 0 Å². The maximum atomic E-state index is 11.5. The van der Waals surface area contributed by atoms with Crippen molar-refractivity contribution in [2.45, 2.75) is 65.5 Å².